The monoisotopic (exact) mass is 490 g/mol. The highest BCUT2D eigenvalue weighted by Crippen LogP contribution is 2.40. The molecule has 8 heteroatoms. The number of pyridine rings is 2. The molecule has 6 heterocycles. The maximum atomic E-state index is 16.2. The number of halogens is 1. The minimum atomic E-state index is -0.213. The highest BCUT2D eigenvalue weighted by Gasteiger charge is 2.34. The molecule has 0 spiro atoms. The molecule has 2 fully saturated rings. The number of hydrogen-bond acceptors (Lipinski definition) is 5. The standard InChI is InChI=1S/C28H35FN6O/c1-17(2)22-23-21(33-25(22)20-11-18(3)26-31-16-32-35(26)13-20)12-30-27(24(23)29)34-9-6-19(7-10-34)5-8-28(4)14-36-15-28/h11-13,16-17,19,33H,5-10,14-15H2,1-4H3. The number of aryl methyl sites for hydroxylation is 1. The average Bonchev–Trinajstić information content (AvgIpc) is 3.48. The van der Waals surface area contributed by atoms with Crippen LogP contribution in [0, 0.1) is 24.1 Å². The van der Waals surface area contributed by atoms with Crippen molar-refractivity contribution in [3.63, 3.8) is 0 Å². The number of aromatic amines is 1. The molecule has 0 unspecified atom stereocenters. The Morgan fingerprint density at radius 1 is 1.22 bits per heavy atom. The van der Waals surface area contributed by atoms with Crippen molar-refractivity contribution in [2.24, 2.45) is 11.3 Å². The van der Waals surface area contributed by atoms with E-state index in [2.05, 4.69) is 51.8 Å². The van der Waals surface area contributed by atoms with Crippen LogP contribution >= 0.6 is 0 Å². The second-order valence-corrected chi connectivity index (χ2v) is 11.5. The van der Waals surface area contributed by atoms with Gasteiger partial charge in [0.15, 0.2) is 17.3 Å². The Morgan fingerprint density at radius 3 is 2.69 bits per heavy atom. The first kappa shape index (κ1) is 23.4. The van der Waals surface area contributed by atoms with E-state index in [1.807, 2.05) is 13.1 Å². The third-order valence-electron chi connectivity index (χ3n) is 8.20. The summed E-state index contributed by atoms with van der Waals surface area (Å²) in [6, 6.07) is 2.09. The topological polar surface area (TPSA) is 71.3 Å². The highest BCUT2D eigenvalue weighted by molar-refractivity contribution is 5.93. The summed E-state index contributed by atoms with van der Waals surface area (Å²) in [5, 5.41) is 4.97. The van der Waals surface area contributed by atoms with Crippen LogP contribution in [0.5, 0.6) is 0 Å². The Balaban J connectivity index is 1.30. The minimum absolute atomic E-state index is 0.132. The van der Waals surface area contributed by atoms with Gasteiger partial charge in [-0.1, -0.05) is 20.8 Å². The number of piperidine rings is 1. The summed E-state index contributed by atoms with van der Waals surface area (Å²) in [4.78, 5) is 14.5. The average molecular weight is 491 g/mol. The molecule has 6 rings (SSSR count). The number of anilines is 1. The molecule has 0 saturated carbocycles. The quantitative estimate of drug-likeness (QED) is 0.366. The summed E-state index contributed by atoms with van der Waals surface area (Å²) in [5.41, 5.74) is 5.83. The van der Waals surface area contributed by atoms with Crippen molar-refractivity contribution in [1.29, 1.82) is 0 Å². The normalized spacial score (nSPS) is 18.4. The molecule has 4 aromatic rings. The number of rotatable bonds is 6. The van der Waals surface area contributed by atoms with Gasteiger partial charge in [0, 0.05) is 35.7 Å². The van der Waals surface area contributed by atoms with Gasteiger partial charge < -0.3 is 14.6 Å². The molecule has 2 aliphatic rings. The van der Waals surface area contributed by atoms with E-state index in [1.165, 1.54) is 12.8 Å². The van der Waals surface area contributed by atoms with Gasteiger partial charge in [-0.3, -0.25) is 0 Å². The number of H-pyrrole nitrogens is 1. The Morgan fingerprint density at radius 2 is 2.00 bits per heavy atom. The van der Waals surface area contributed by atoms with Crippen LogP contribution in [0.2, 0.25) is 0 Å². The van der Waals surface area contributed by atoms with E-state index in [1.54, 1.807) is 17.0 Å². The fourth-order valence-electron chi connectivity index (χ4n) is 6.00. The van der Waals surface area contributed by atoms with Crippen LogP contribution in [0.3, 0.4) is 0 Å². The molecule has 0 radical (unpaired) electrons. The predicted octanol–water partition coefficient (Wildman–Crippen LogP) is 5.88. The Kier molecular flexibility index (Phi) is 5.74. The summed E-state index contributed by atoms with van der Waals surface area (Å²) in [6.07, 6.45) is 9.94. The second kappa shape index (κ2) is 8.83. The smallest absolute Gasteiger partial charge is 0.175 e. The summed E-state index contributed by atoms with van der Waals surface area (Å²) in [6.45, 7) is 12.1. The molecule has 0 aromatic carbocycles. The van der Waals surface area contributed by atoms with Gasteiger partial charge in [-0.15, -0.1) is 0 Å². The molecule has 0 amide bonds. The number of fused-ring (bicyclic) bond motifs is 2. The number of nitrogens with one attached hydrogen (secondary N) is 1. The van der Waals surface area contributed by atoms with Gasteiger partial charge in [-0.2, -0.15) is 5.10 Å². The first-order chi connectivity index (χ1) is 17.3. The lowest BCUT2D eigenvalue weighted by molar-refractivity contribution is -0.108. The molecule has 190 valence electrons. The molecule has 0 aliphatic carbocycles. The highest BCUT2D eigenvalue weighted by atomic mass is 19.1. The van der Waals surface area contributed by atoms with Crippen molar-refractivity contribution in [2.45, 2.75) is 59.3 Å². The van der Waals surface area contributed by atoms with E-state index in [-0.39, 0.29) is 11.7 Å². The molecule has 2 saturated heterocycles. The first-order valence-corrected chi connectivity index (χ1v) is 13.2. The lowest BCUT2D eigenvalue weighted by Gasteiger charge is -2.40. The molecule has 0 bridgehead atoms. The van der Waals surface area contributed by atoms with Gasteiger partial charge in [-0.25, -0.2) is 18.9 Å². The summed E-state index contributed by atoms with van der Waals surface area (Å²) in [7, 11) is 0. The van der Waals surface area contributed by atoms with Gasteiger partial charge in [0.25, 0.3) is 0 Å². The van der Waals surface area contributed by atoms with Crippen molar-refractivity contribution in [1.82, 2.24) is 24.6 Å². The van der Waals surface area contributed by atoms with Gasteiger partial charge in [0.2, 0.25) is 0 Å². The van der Waals surface area contributed by atoms with Crippen LogP contribution in [0.15, 0.2) is 24.8 Å². The largest absolute Gasteiger partial charge is 0.380 e. The third kappa shape index (κ3) is 3.95. The number of nitrogens with zero attached hydrogens (tertiary/aromatic N) is 5. The van der Waals surface area contributed by atoms with Crippen molar-refractivity contribution in [3.05, 3.63) is 41.7 Å². The molecule has 4 aromatic heterocycles. The zero-order valence-electron chi connectivity index (χ0n) is 21.6. The van der Waals surface area contributed by atoms with Crippen LogP contribution in [0.25, 0.3) is 27.8 Å². The van der Waals surface area contributed by atoms with E-state index in [9.17, 15) is 0 Å². The zero-order valence-corrected chi connectivity index (χ0v) is 21.6. The van der Waals surface area contributed by atoms with Crippen molar-refractivity contribution < 1.29 is 9.13 Å². The van der Waals surface area contributed by atoms with Crippen LogP contribution < -0.4 is 4.90 Å². The van der Waals surface area contributed by atoms with E-state index in [0.29, 0.717) is 22.5 Å². The van der Waals surface area contributed by atoms with Gasteiger partial charge >= 0.3 is 0 Å². The van der Waals surface area contributed by atoms with E-state index < -0.39 is 0 Å². The summed E-state index contributed by atoms with van der Waals surface area (Å²) in [5.74, 6) is 1.10. The van der Waals surface area contributed by atoms with Crippen LogP contribution in [-0.4, -0.2) is 50.9 Å². The molecule has 7 nitrogen and oxygen atoms in total. The predicted molar refractivity (Wildman–Crippen MR) is 140 cm³/mol. The second-order valence-electron chi connectivity index (χ2n) is 11.5. The molecule has 0 atom stereocenters. The molecular formula is C28H35FN6O. The lowest BCUT2D eigenvalue weighted by atomic mass is 9.79. The minimum Gasteiger partial charge on any atom is -0.380 e. The number of ether oxygens (including phenoxy) is 1. The van der Waals surface area contributed by atoms with Crippen molar-refractivity contribution >= 4 is 22.4 Å². The van der Waals surface area contributed by atoms with Crippen LogP contribution in [0.1, 0.15) is 63.5 Å². The molecule has 36 heavy (non-hydrogen) atoms. The van der Waals surface area contributed by atoms with E-state index in [0.717, 1.165) is 72.7 Å². The zero-order chi connectivity index (χ0) is 25.0. The van der Waals surface area contributed by atoms with E-state index in [4.69, 9.17) is 4.74 Å². The van der Waals surface area contributed by atoms with Crippen molar-refractivity contribution in [3.8, 4) is 11.3 Å². The molecular weight excluding hydrogens is 455 g/mol. The maximum Gasteiger partial charge on any atom is 0.175 e. The number of aromatic nitrogens is 5. The summed E-state index contributed by atoms with van der Waals surface area (Å²) < 4.78 is 23.4. The third-order valence-corrected chi connectivity index (χ3v) is 8.20. The Hall–Kier alpha value is -3.00. The van der Waals surface area contributed by atoms with Gasteiger partial charge in [-0.05, 0) is 61.6 Å². The maximum absolute atomic E-state index is 16.2. The fraction of sp³-hybridized carbons (Fsp3) is 0.536. The Labute approximate surface area is 211 Å². The summed E-state index contributed by atoms with van der Waals surface area (Å²) >= 11 is 0. The SMILES string of the molecule is Cc1cc(-c2[nH]c3cnc(N4CCC(CCC5(C)COC5)CC4)c(F)c3c2C(C)C)cn2ncnc12. The molecule has 2 aliphatic heterocycles. The number of hydrogen-bond donors (Lipinski definition) is 1. The van der Waals surface area contributed by atoms with Crippen LogP contribution in [-0.2, 0) is 4.74 Å². The molecule has 1 N–H and O–H groups in total. The van der Waals surface area contributed by atoms with Gasteiger partial charge in [0.05, 0.1) is 30.6 Å². The van der Waals surface area contributed by atoms with Gasteiger partial charge in [0.1, 0.15) is 6.33 Å². The van der Waals surface area contributed by atoms with E-state index >= 15 is 4.39 Å². The Bertz CT molecular complexity index is 1410. The first-order valence-electron chi connectivity index (χ1n) is 13.2. The van der Waals surface area contributed by atoms with Crippen molar-refractivity contribution in [2.75, 3.05) is 31.2 Å². The fourth-order valence-corrected chi connectivity index (χ4v) is 6.00. The van der Waals surface area contributed by atoms with Crippen LogP contribution in [0.4, 0.5) is 10.2 Å². The lowest BCUT2D eigenvalue weighted by Crippen LogP contribution is -2.41.